The van der Waals surface area contributed by atoms with Crippen LogP contribution in [0, 0.1) is 0 Å². The maximum absolute atomic E-state index is 13.3. The first-order valence-electron chi connectivity index (χ1n) is 12.0. The molecule has 3 aromatic carbocycles. The van der Waals surface area contributed by atoms with Crippen molar-refractivity contribution >= 4 is 22.8 Å². The first-order chi connectivity index (χ1) is 18.1. The summed E-state index contributed by atoms with van der Waals surface area (Å²) in [6, 6.07) is 15.5. The third-order valence-electron chi connectivity index (χ3n) is 7.04. The van der Waals surface area contributed by atoms with Gasteiger partial charge in [0.05, 0.1) is 18.2 Å². The number of allylic oxidation sites excluding steroid dienone is 1. The molecule has 8 nitrogen and oxygen atoms in total. The van der Waals surface area contributed by atoms with Gasteiger partial charge in [-0.3, -0.25) is 9.69 Å². The van der Waals surface area contributed by atoms with E-state index in [1.807, 2.05) is 66.4 Å². The van der Waals surface area contributed by atoms with E-state index in [4.69, 9.17) is 23.7 Å². The smallest absolute Gasteiger partial charge is 0.231 e. The Balaban J connectivity index is 1.18. The van der Waals surface area contributed by atoms with Crippen molar-refractivity contribution in [3.8, 4) is 28.7 Å². The lowest BCUT2D eigenvalue weighted by Crippen LogP contribution is -2.31. The van der Waals surface area contributed by atoms with Crippen LogP contribution in [0.25, 0.3) is 17.0 Å². The second-order valence-electron chi connectivity index (χ2n) is 9.39. The fourth-order valence-corrected chi connectivity index (χ4v) is 5.19. The van der Waals surface area contributed by atoms with Crippen molar-refractivity contribution in [2.75, 3.05) is 20.6 Å². The van der Waals surface area contributed by atoms with Gasteiger partial charge in [0.25, 0.3) is 0 Å². The Kier molecular flexibility index (Phi) is 4.90. The van der Waals surface area contributed by atoms with Crippen molar-refractivity contribution in [2.24, 2.45) is 7.05 Å². The summed E-state index contributed by atoms with van der Waals surface area (Å²) in [6.07, 6.45) is 3.80. The van der Waals surface area contributed by atoms with Crippen LogP contribution in [0.2, 0.25) is 0 Å². The highest BCUT2D eigenvalue weighted by Crippen LogP contribution is 2.43. The monoisotopic (exact) mass is 496 g/mol. The first-order valence-corrected chi connectivity index (χ1v) is 12.0. The molecule has 4 heterocycles. The molecule has 7 rings (SSSR count). The van der Waals surface area contributed by atoms with Crippen molar-refractivity contribution in [3.63, 3.8) is 0 Å². The molecule has 0 unspecified atom stereocenters. The van der Waals surface area contributed by atoms with Gasteiger partial charge in [0.15, 0.2) is 17.3 Å². The molecule has 0 saturated heterocycles. The zero-order valence-corrected chi connectivity index (χ0v) is 20.4. The molecule has 0 saturated carbocycles. The summed E-state index contributed by atoms with van der Waals surface area (Å²) in [5, 5.41) is 0.988. The van der Waals surface area contributed by atoms with Gasteiger partial charge in [-0.05, 0) is 54.1 Å². The molecule has 8 heteroatoms. The van der Waals surface area contributed by atoms with Crippen LogP contribution in [0.5, 0.6) is 28.7 Å². The van der Waals surface area contributed by atoms with Crippen LogP contribution in [-0.2, 0) is 20.1 Å². The molecule has 0 aliphatic carbocycles. The Bertz CT molecular complexity index is 1620. The maximum Gasteiger partial charge on any atom is 0.231 e. The SMILES string of the molecule is COc1ccc2c(c1)c(/C=C1\Oc3c(ccc4c3CN(Cc3ccc5c(c3)OCO5)CO4)C1=O)cn2C. The number of aromatic nitrogens is 1. The van der Waals surface area contributed by atoms with Gasteiger partial charge in [-0.25, -0.2) is 0 Å². The standard InChI is InChI=1S/C29H24N2O6/c1-30-13-18(21-11-19(33-2)4-6-23(21)30)10-27-28(32)20-5-8-24-22(29(20)37-27)14-31(15-34-24)12-17-3-7-25-26(9-17)36-16-35-25/h3-11,13H,12,14-16H2,1-2H3/b27-10-. The van der Waals surface area contributed by atoms with Crippen molar-refractivity contribution in [2.45, 2.75) is 13.1 Å². The lowest BCUT2D eigenvalue weighted by molar-refractivity contribution is 0.0872. The minimum absolute atomic E-state index is 0.134. The van der Waals surface area contributed by atoms with Crippen molar-refractivity contribution < 1.29 is 28.5 Å². The van der Waals surface area contributed by atoms with Gasteiger partial charge in [0, 0.05) is 42.8 Å². The number of carbonyl (C=O) groups excluding carboxylic acids is 1. The van der Waals surface area contributed by atoms with Crippen LogP contribution in [0.3, 0.4) is 0 Å². The Morgan fingerprint density at radius 3 is 2.76 bits per heavy atom. The number of rotatable bonds is 4. The zero-order chi connectivity index (χ0) is 25.1. The van der Waals surface area contributed by atoms with E-state index in [-0.39, 0.29) is 12.6 Å². The number of nitrogens with zero attached hydrogens (tertiary/aromatic N) is 2. The van der Waals surface area contributed by atoms with Gasteiger partial charge in [0.2, 0.25) is 12.6 Å². The van der Waals surface area contributed by atoms with Crippen molar-refractivity contribution in [1.82, 2.24) is 9.47 Å². The number of fused-ring (bicyclic) bond motifs is 5. The Hall–Kier alpha value is -4.43. The normalized spacial score (nSPS) is 17.0. The summed E-state index contributed by atoms with van der Waals surface area (Å²) in [7, 11) is 3.62. The third-order valence-corrected chi connectivity index (χ3v) is 7.04. The van der Waals surface area contributed by atoms with Crippen LogP contribution in [0.15, 0.2) is 60.5 Å². The van der Waals surface area contributed by atoms with E-state index >= 15 is 0 Å². The van der Waals surface area contributed by atoms with E-state index < -0.39 is 0 Å². The molecule has 0 atom stereocenters. The van der Waals surface area contributed by atoms with Crippen molar-refractivity contribution in [3.05, 3.63) is 82.7 Å². The van der Waals surface area contributed by atoms with E-state index in [9.17, 15) is 4.79 Å². The highest BCUT2D eigenvalue weighted by Gasteiger charge is 2.34. The predicted molar refractivity (Wildman–Crippen MR) is 136 cm³/mol. The number of ether oxygens (including phenoxy) is 5. The number of hydrogen-bond donors (Lipinski definition) is 0. The quantitative estimate of drug-likeness (QED) is 0.373. The molecule has 0 N–H and O–H groups in total. The molecule has 3 aliphatic rings. The molecule has 0 radical (unpaired) electrons. The molecule has 0 spiro atoms. The highest BCUT2D eigenvalue weighted by atomic mass is 16.7. The predicted octanol–water partition coefficient (Wildman–Crippen LogP) is 4.88. The van der Waals surface area contributed by atoms with Crippen LogP contribution in [-0.4, -0.2) is 35.9 Å². The van der Waals surface area contributed by atoms with Gasteiger partial charge < -0.3 is 28.3 Å². The van der Waals surface area contributed by atoms with E-state index in [1.165, 1.54) is 0 Å². The van der Waals surface area contributed by atoms with E-state index in [2.05, 4.69) is 4.90 Å². The second kappa shape index (κ2) is 8.31. The first kappa shape index (κ1) is 21.8. The summed E-state index contributed by atoms with van der Waals surface area (Å²) < 4.78 is 30.6. The maximum atomic E-state index is 13.3. The molecule has 0 amide bonds. The lowest BCUT2D eigenvalue weighted by Gasteiger charge is -2.29. The summed E-state index contributed by atoms with van der Waals surface area (Å²) in [6.45, 7) is 1.95. The molecular formula is C29H24N2O6. The van der Waals surface area contributed by atoms with Crippen LogP contribution >= 0.6 is 0 Å². The summed E-state index contributed by atoms with van der Waals surface area (Å²) >= 11 is 0. The summed E-state index contributed by atoms with van der Waals surface area (Å²) in [5.74, 6) is 3.75. The number of Topliss-reactive ketones (excluding diaryl/α,β-unsaturated/α-hetero) is 1. The zero-order valence-electron chi connectivity index (χ0n) is 20.4. The minimum atomic E-state index is -0.134. The van der Waals surface area contributed by atoms with E-state index in [1.54, 1.807) is 13.2 Å². The van der Waals surface area contributed by atoms with Crippen LogP contribution in [0.4, 0.5) is 0 Å². The van der Waals surface area contributed by atoms with Gasteiger partial charge in [-0.15, -0.1) is 0 Å². The van der Waals surface area contributed by atoms with Crippen molar-refractivity contribution in [1.29, 1.82) is 0 Å². The Morgan fingerprint density at radius 2 is 1.86 bits per heavy atom. The molecule has 1 aromatic heterocycles. The van der Waals surface area contributed by atoms with Gasteiger partial charge in [-0.1, -0.05) is 6.07 Å². The number of methoxy groups -OCH3 is 1. The minimum Gasteiger partial charge on any atom is -0.497 e. The number of ketones is 1. The molecule has 0 bridgehead atoms. The van der Waals surface area contributed by atoms with Gasteiger partial charge in [0.1, 0.15) is 24.0 Å². The van der Waals surface area contributed by atoms with Crippen LogP contribution < -0.4 is 23.7 Å². The largest absolute Gasteiger partial charge is 0.497 e. The van der Waals surface area contributed by atoms with Gasteiger partial charge in [-0.2, -0.15) is 0 Å². The number of hydrogen-bond acceptors (Lipinski definition) is 7. The third kappa shape index (κ3) is 3.60. The molecule has 0 fully saturated rings. The fraction of sp³-hybridized carbons (Fsp3) is 0.207. The molecule has 37 heavy (non-hydrogen) atoms. The molecule has 3 aliphatic heterocycles. The number of carbonyl (C=O) groups is 1. The summed E-state index contributed by atoms with van der Waals surface area (Å²) in [5.41, 5.74) is 4.45. The molecule has 4 aromatic rings. The fourth-order valence-electron chi connectivity index (χ4n) is 5.19. The summed E-state index contributed by atoms with van der Waals surface area (Å²) in [4.78, 5) is 15.5. The Morgan fingerprint density at radius 1 is 1.00 bits per heavy atom. The topological polar surface area (TPSA) is 71.4 Å². The average Bonchev–Trinajstić information content (AvgIpc) is 3.60. The number of aryl methyl sites for hydroxylation is 1. The van der Waals surface area contributed by atoms with Crippen LogP contribution in [0.1, 0.15) is 27.0 Å². The van der Waals surface area contributed by atoms with E-state index in [0.29, 0.717) is 36.9 Å². The Labute approximate surface area is 213 Å². The van der Waals surface area contributed by atoms with Gasteiger partial charge >= 0.3 is 0 Å². The molecule has 186 valence electrons. The average molecular weight is 497 g/mol. The highest BCUT2D eigenvalue weighted by molar-refractivity contribution is 6.15. The van der Waals surface area contributed by atoms with E-state index in [0.717, 1.165) is 50.6 Å². The lowest BCUT2D eigenvalue weighted by atomic mass is 10.0. The number of benzene rings is 3. The molecular weight excluding hydrogens is 472 g/mol. The second-order valence-corrected chi connectivity index (χ2v) is 9.39.